The van der Waals surface area contributed by atoms with E-state index >= 15 is 0 Å². The van der Waals surface area contributed by atoms with Crippen molar-refractivity contribution in [3.63, 3.8) is 0 Å². The zero-order chi connectivity index (χ0) is 15.8. The molecule has 1 N–H and O–H groups in total. The van der Waals surface area contributed by atoms with Gasteiger partial charge in [0, 0.05) is 18.6 Å². The van der Waals surface area contributed by atoms with Crippen LogP contribution in [0.1, 0.15) is 33.3 Å². The lowest BCUT2D eigenvalue weighted by molar-refractivity contribution is 0.0445. The largest absolute Gasteiger partial charge is 0.491 e. The highest BCUT2D eigenvalue weighted by molar-refractivity contribution is 5.28. The fourth-order valence-corrected chi connectivity index (χ4v) is 2.30. The number of nitrogens with zero attached hydrogens (tertiary/aromatic N) is 2. The second kappa shape index (κ2) is 8.66. The molecule has 0 aromatic heterocycles. The van der Waals surface area contributed by atoms with Crippen molar-refractivity contribution in [2.45, 2.75) is 52.3 Å². The minimum absolute atomic E-state index is 0.271. The lowest BCUT2D eigenvalue weighted by Gasteiger charge is -2.32. The Labute approximate surface area is 128 Å². The van der Waals surface area contributed by atoms with Crippen LogP contribution in [0.15, 0.2) is 24.3 Å². The molecule has 0 saturated carbocycles. The van der Waals surface area contributed by atoms with E-state index in [1.165, 1.54) is 0 Å². The predicted octanol–water partition coefficient (Wildman–Crippen LogP) is 2.61. The zero-order valence-corrected chi connectivity index (χ0v) is 13.4. The van der Waals surface area contributed by atoms with Gasteiger partial charge in [-0.3, -0.25) is 4.90 Å². The number of hydrogen-bond acceptors (Lipinski definition) is 4. The topological polar surface area (TPSA) is 56.5 Å². The maximum Gasteiger partial charge on any atom is 0.119 e. The normalized spacial score (nSPS) is 12.7. The monoisotopic (exact) mass is 290 g/mol. The molecule has 0 spiro atoms. The van der Waals surface area contributed by atoms with Gasteiger partial charge in [-0.2, -0.15) is 5.26 Å². The van der Waals surface area contributed by atoms with Crippen molar-refractivity contribution < 1.29 is 9.84 Å². The van der Waals surface area contributed by atoms with Crippen LogP contribution in [-0.2, 0) is 6.42 Å². The van der Waals surface area contributed by atoms with Gasteiger partial charge in [0.25, 0.3) is 0 Å². The number of nitriles is 1. The Balaban J connectivity index is 2.45. The second-order valence-corrected chi connectivity index (χ2v) is 5.83. The van der Waals surface area contributed by atoms with Crippen LogP contribution in [0.25, 0.3) is 0 Å². The Kier molecular flexibility index (Phi) is 7.21. The standard InChI is InChI=1S/C17H26N2O2/c1-13(2)19(14(3)4)11-16(20)12-21-17-7-5-15(6-8-17)9-10-18/h5-8,13-14,16,20H,9,11-12H2,1-4H3. The van der Waals surface area contributed by atoms with Crippen molar-refractivity contribution in [1.29, 1.82) is 5.26 Å². The van der Waals surface area contributed by atoms with E-state index in [0.717, 1.165) is 11.3 Å². The molecule has 0 aliphatic rings. The van der Waals surface area contributed by atoms with E-state index < -0.39 is 6.10 Å². The molecule has 4 nitrogen and oxygen atoms in total. The van der Waals surface area contributed by atoms with Crippen molar-refractivity contribution in [2.24, 2.45) is 0 Å². The average Bonchev–Trinajstić information content (AvgIpc) is 2.43. The predicted molar refractivity (Wildman–Crippen MR) is 84.2 cm³/mol. The third kappa shape index (κ3) is 6.16. The maximum absolute atomic E-state index is 10.1. The molecule has 1 aromatic carbocycles. The van der Waals surface area contributed by atoms with E-state index in [4.69, 9.17) is 10.00 Å². The van der Waals surface area contributed by atoms with Crippen LogP contribution >= 0.6 is 0 Å². The Hall–Kier alpha value is -1.57. The number of rotatable bonds is 8. The summed E-state index contributed by atoms with van der Waals surface area (Å²) in [5, 5.41) is 18.7. The smallest absolute Gasteiger partial charge is 0.119 e. The Bertz CT molecular complexity index is 441. The molecule has 1 atom stereocenters. The molecule has 1 aromatic rings. The summed E-state index contributed by atoms with van der Waals surface area (Å²) >= 11 is 0. The van der Waals surface area contributed by atoms with Gasteiger partial charge in [0.15, 0.2) is 0 Å². The van der Waals surface area contributed by atoms with Gasteiger partial charge in [0.2, 0.25) is 0 Å². The SMILES string of the molecule is CC(C)N(CC(O)COc1ccc(CC#N)cc1)C(C)C. The number of benzene rings is 1. The average molecular weight is 290 g/mol. The molecule has 0 radical (unpaired) electrons. The minimum atomic E-state index is -0.520. The summed E-state index contributed by atoms with van der Waals surface area (Å²) in [7, 11) is 0. The van der Waals surface area contributed by atoms with E-state index in [0.29, 0.717) is 25.0 Å². The van der Waals surface area contributed by atoms with Gasteiger partial charge in [-0.1, -0.05) is 12.1 Å². The first-order valence-electron chi connectivity index (χ1n) is 7.46. The quantitative estimate of drug-likeness (QED) is 0.799. The molecule has 0 amide bonds. The molecule has 1 rings (SSSR count). The molecule has 21 heavy (non-hydrogen) atoms. The molecule has 0 heterocycles. The third-order valence-corrected chi connectivity index (χ3v) is 3.40. The van der Waals surface area contributed by atoms with Crippen molar-refractivity contribution in [3.8, 4) is 11.8 Å². The highest BCUT2D eigenvalue weighted by atomic mass is 16.5. The fraction of sp³-hybridized carbons (Fsp3) is 0.588. The molecule has 0 aliphatic heterocycles. The summed E-state index contributed by atoms with van der Waals surface area (Å²) in [6.07, 6.45) is -0.116. The van der Waals surface area contributed by atoms with Crippen LogP contribution in [0.4, 0.5) is 0 Å². The zero-order valence-electron chi connectivity index (χ0n) is 13.4. The van der Waals surface area contributed by atoms with Gasteiger partial charge in [-0.15, -0.1) is 0 Å². The van der Waals surface area contributed by atoms with E-state index in [9.17, 15) is 5.11 Å². The van der Waals surface area contributed by atoms with Gasteiger partial charge in [-0.05, 0) is 45.4 Å². The molecule has 116 valence electrons. The van der Waals surface area contributed by atoms with Crippen molar-refractivity contribution in [1.82, 2.24) is 4.90 Å². The van der Waals surface area contributed by atoms with Crippen LogP contribution in [0, 0.1) is 11.3 Å². The van der Waals surface area contributed by atoms with Crippen LogP contribution in [0.3, 0.4) is 0 Å². The maximum atomic E-state index is 10.1. The van der Waals surface area contributed by atoms with E-state index in [1.807, 2.05) is 24.3 Å². The van der Waals surface area contributed by atoms with Crippen molar-refractivity contribution in [3.05, 3.63) is 29.8 Å². The summed E-state index contributed by atoms with van der Waals surface area (Å²) in [4.78, 5) is 2.24. The number of hydrogen-bond donors (Lipinski definition) is 1. The lowest BCUT2D eigenvalue weighted by atomic mass is 10.2. The molecule has 4 heteroatoms. The Morgan fingerprint density at radius 1 is 1.14 bits per heavy atom. The summed E-state index contributed by atoms with van der Waals surface area (Å²) < 4.78 is 5.60. The summed E-state index contributed by atoms with van der Waals surface area (Å²) in [6, 6.07) is 10.3. The molecule has 1 unspecified atom stereocenters. The number of aliphatic hydroxyl groups is 1. The van der Waals surface area contributed by atoms with Crippen molar-refractivity contribution >= 4 is 0 Å². The Morgan fingerprint density at radius 2 is 1.71 bits per heavy atom. The van der Waals surface area contributed by atoms with Gasteiger partial charge in [0.05, 0.1) is 12.5 Å². The van der Waals surface area contributed by atoms with E-state index in [-0.39, 0.29) is 6.61 Å². The minimum Gasteiger partial charge on any atom is -0.491 e. The summed E-state index contributed by atoms with van der Waals surface area (Å²) in [5.41, 5.74) is 0.969. The molecular weight excluding hydrogens is 264 g/mol. The van der Waals surface area contributed by atoms with Crippen molar-refractivity contribution in [2.75, 3.05) is 13.2 Å². The van der Waals surface area contributed by atoms with Gasteiger partial charge in [-0.25, -0.2) is 0 Å². The highest BCUT2D eigenvalue weighted by Crippen LogP contribution is 2.13. The molecular formula is C17H26N2O2. The molecule has 0 aliphatic carbocycles. The highest BCUT2D eigenvalue weighted by Gasteiger charge is 2.17. The van der Waals surface area contributed by atoms with Crippen LogP contribution < -0.4 is 4.74 Å². The first-order valence-corrected chi connectivity index (χ1v) is 7.46. The first-order chi connectivity index (χ1) is 9.93. The molecule has 0 bridgehead atoms. The fourth-order valence-electron chi connectivity index (χ4n) is 2.30. The van der Waals surface area contributed by atoms with Crippen LogP contribution in [-0.4, -0.2) is 41.3 Å². The lowest BCUT2D eigenvalue weighted by Crippen LogP contribution is -2.43. The first kappa shape index (κ1) is 17.5. The van der Waals surface area contributed by atoms with E-state index in [1.54, 1.807) is 0 Å². The number of ether oxygens (including phenoxy) is 1. The van der Waals surface area contributed by atoms with Gasteiger partial charge >= 0.3 is 0 Å². The van der Waals surface area contributed by atoms with E-state index in [2.05, 4.69) is 38.7 Å². The third-order valence-electron chi connectivity index (χ3n) is 3.40. The van der Waals surface area contributed by atoms with Gasteiger partial charge < -0.3 is 9.84 Å². The van der Waals surface area contributed by atoms with Gasteiger partial charge in [0.1, 0.15) is 18.5 Å². The second-order valence-electron chi connectivity index (χ2n) is 5.83. The number of aliphatic hydroxyl groups excluding tert-OH is 1. The Morgan fingerprint density at radius 3 is 2.19 bits per heavy atom. The molecule has 0 fully saturated rings. The summed E-state index contributed by atoms with van der Waals surface area (Å²) in [6.45, 7) is 9.38. The molecule has 0 saturated heterocycles. The van der Waals surface area contributed by atoms with Crippen LogP contribution in [0.5, 0.6) is 5.75 Å². The van der Waals surface area contributed by atoms with Crippen LogP contribution in [0.2, 0.25) is 0 Å². The summed E-state index contributed by atoms with van der Waals surface area (Å²) in [5.74, 6) is 0.719.